The Balaban J connectivity index is 1.36. The molecule has 57 heavy (non-hydrogen) atoms. The minimum Gasteiger partial charge on any atom is -0.444 e. The van der Waals surface area contributed by atoms with E-state index in [9.17, 15) is 27.6 Å². The molecule has 2 aliphatic rings. The molecule has 1 aliphatic heterocycles. The molecule has 3 heterocycles. The lowest BCUT2D eigenvalue weighted by atomic mass is 9.85. The molecular formula is C40H49N9O7S. The highest BCUT2D eigenvalue weighted by molar-refractivity contribution is 7.90. The average Bonchev–Trinajstić information content (AvgIpc) is 3.51. The SMILES string of the molecule is C=C[C@@H]1C[C@@]1(NC(=O)[C@@H]1C[C@@H](n2nc(-c3ccccc3)c(-c3ccccc3)n2)CN1C(=O)[C@H](NC(=O)OC(C)(C)C)C(C)(C)C)C(=O)NS(=O)(=O)c1cn(C)cn1. The fourth-order valence-corrected chi connectivity index (χ4v) is 7.93. The van der Waals surface area contributed by atoms with E-state index in [-0.39, 0.29) is 24.4 Å². The van der Waals surface area contributed by atoms with Gasteiger partial charge in [-0.2, -0.15) is 23.4 Å². The number of benzene rings is 2. The standard InChI is InChI=1S/C40H49N9O7S/c1-9-27-21-40(27,36(52)46-57(54,55)30-23-47(8)24-41-30)43-34(50)29-20-28(22-48(29)35(51)33(38(2,3)4)42-37(53)56-39(5,6)7)49-44-31(25-16-12-10-13-17-25)32(45-49)26-18-14-11-15-19-26/h9-19,23-24,27-29,33H,1,20-22H2,2-8H3,(H,42,53)(H,43,50)(H,46,52)/t27-,28-,29+,33+,40+/m1/s1. The van der Waals surface area contributed by atoms with E-state index >= 15 is 0 Å². The number of rotatable bonds is 11. The Morgan fingerprint density at radius 2 is 1.53 bits per heavy atom. The molecular weight excluding hydrogens is 751 g/mol. The van der Waals surface area contributed by atoms with Crippen LogP contribution < -0.4 is 15.4 Å². The zero-order valence-electron chi connectivity index (χ0n) is 33.1. The van der Waals surface area contributed by atoms with Gasteiger partial charge in [0.15, 0.2) is 5.03 Å². The van der Waals surface area contributed by atoms with Crippen molar-refractivity contribution >= 4 is 33.8 Å². The first kappa shape index (κ1) is 40.8. The number of carbonyl (C=O) groups excluding carboxylic acids is 4. The lowest BCUT2D eigenvalue weighted by Crippen LogP contribution is -2.60. The van der Waals surface area contributed by atoms with Gasteiger partial charge in [0.2, 0.25) is 11.8 Å². The zero-order chi connectivity index (χ0) is 41.5. The number of imidazole rings is 1. The predicted molar refractivity (Wildman–Crippen MR) is 210 cm³/mol. The van der Waals surface area contributed by atoms with E-state index in [4.69, 9.17) is 14.9 Å². The van der Waals surface area contributed by atoms with Gasteiger partial charge in [0, 0.05) is 43.3 Å². The Morgan fingerprint density at radius 1 is 0.947 bits per heavy atom. The van der Waals surface area contributed by atoms with E-state index < -0.39 is 74.4 Å². The van der Waals surface area contributed by atoms with Gasteiger partial charge in [0.05, 0.1) is 12.4 Å². The van der Waals surface area contributed by atoms with Crippen LogP contribution in [-0.2, 0) is 36.2 Å². The van der Waals surface area contributed by atoms with Gasteiger partial charge in [-0.05, 0) is 32.6 Å². The summed E-state index contributed by atoms with van der Waals surface area (Å²) in [4.78, 5) is 62.9. The van der Waals surface area contributed by atoms with Crippen LogP contribution in [0.25, 0.3) is 22.5 Å². The van der Waals surface area contributed by atoms with Crippen molar-refractivity contribution in [3.8, 4) is 22.5 Å². The van der Waals surface area contributed by atoms with Crippen LogP contribution in [0.3, 0.4) is 0 Å². The number of nitrogens with zero attached hydrogens (tertiary/aromatic N) is 6. The first-order chi connectivity index (χ1) is 26.7. The smallest absolute Gasteiger partial charge is 0.408 e. The highest BCUT2D eigenvalue weighted by Gasteiger charge is 2.61. The van der Waals surface area contributed by atoms with E-state index in [1.165, 1.54) is 32.9 Å². The molecule has 2 aromatic carbocycles. The van der Waals surface area contributed by atoms with Crippen LogP contribution in [0.1, 0.15) is 60.4 Å². The van der Waals surface area contributed by atoms with Gasteiger partial charge in [-0.15, -0.1) is 6.58 Å². The number of hydrogen-bond donors (Lipinski definition) is 3. The van der Waals surface area contributed by atoms with E-state index in [0.717, 1.165) is 11.1 Å². The topological polar surface area (TPSA) is 200 Å². The zero-order valence-corrected chi connectivity index (χ0v) is 33.9. The summed E-state index contributed by atoms with van der Waals surface area (Å²) in [5, 5.41) is 15.0. The summed E-state index contributed by atoms with van der Waals surface area (Å²) < 4.78 is 35.2. The molecule has 4 aromatic rings. The van der Waals surface area contributed by atoms with Crippen molar-refractivity contribution in [2.24, 2.45) is 18.4 Å². The molecule has 3 N–H and O–H groups in total. The average molecular weight is 800 g/mol. The Labute approximate surface area is 332 Å². The van der Waals surface area contributed by atoms with Crippen LogP contribution in [0.15, 0.2) is 90.9 Å². The largest absolute Gasteiger partial charge is 0.444 e. The molecule has 17 heteroatoms. The number of nitrogens with one attached hydrogen (secondary N) is 3. The normalized spacial score (nSPS) is 21.3. The van der Waals surface area contributed by atoms with Gasteiger partial charge in [0.25, 0.3) is 15.9 Å². The maximum Gasteiger partial charge on any atom is 0.408 e. The summed E-state index contributed by atoms with van der Waals surface area (Å²) in [6.07, 6.45) is 3.29. The Hall–Kier alpha value is -5.84. The molecule has 4 amide bonds. The number of aromatic nitrogens is 5. The summed E-state index contributed by atoms with van der Waals surface area (Å²) >= 11 is 0. The number of carbonyl (C=O) groups is 4. The van der Waals surface area contributed by atoms with Gasteiger partial charge in [-0.25, -0.2) is 14.5 Å². The van der Waals surface area contributed by atoms with Crippen LogP contribution in [0.4, 0.5) is 4.79 Å². The summed E-state index contributed by atoms with van der Waals surface area (Å²) in [7, 11) is -2.80. The second-order valence-corrected chi connectivity index (χ2v) is 18.2. The lowest BCUT2D eigenvalue weighted by molar-refractivity contribution is -0.143. The van der Waals surface area contributed by atoms with Crippen molar-refractivity contribution in [1.29, 1.82) is 0 Å². The number of alkyl carbamates (subject to hydrolysis) is 1. The minimum absolute atomic E-state index is 0.0285. The quantitative estimate of drug-likeness (QED) is 0.187. The molecule has 1 saturated carbocycles. The summed E-state index contributed by atoms with van der Waals surface area (Å²) in [6, 6.07) is 16.1. The van der Waals surface area contributed by atoms with Crippen LogP contribution in [-0.4, -0.2) is 91.4 Å². The van der Waals surface area contributed by atoms with Gasteiger partial charge < -0.3 is 24.8 Å². The summed E-state index contributed by atoms with van der Waals surface area (Å²) in [5.74, 6) is -2.84. The van der Waals surface area contributed by atoms with Crippen molar-refractivity contribution in [1.82, 2.24) is 44.8 Å². The number of sulfonamides is 1. The maximum atomic E-state index is 14.7. The maximum absolute atomic E-state index is 14.7. The molecule has 0 bridgehead atoms. The Bertz CT molecular complexity index is 2220. The number of hydrogen-bond acceptors (Lipinski definition) is 10. The number of likely N-dealkylation sites (tertiary alicyclic amines) is 1. The predicted octanol–water partition coefficient (Wildman–Crippen LogP) is 3.99. The van der Waals surface area contributed by atoms with Crippen LogP contribution >= 0.6 is 0 Å². The molecule has 16 nitrogen and oxygen atoms in total. The lowest BCUT2D eigenvalue weighted by Gasteiger charge is -2.36. The van der Waals surface area contributed by atoms with Crippen LogP contribution in [0, 0.1) is 11.3 Å². The monoisotopic (exact) mass is 799 g/mol. The molecule has 302 valence electrons. The summed E-state index contributed by atoms with van der Waals surface area (Å²) in [6.45, 7) is 14.2. The van der Waals surface area contributed by atoms with Gasteiger partial charge >= 0.3 is 6.09 Å². The molecule has 2 fully saturated rings. The number of ether oxygens (including phenoxy) is 1. The third kappa shape index (κ3) is 8.77. The third-order valence-corrected chi connectivity index (χ3v) is 11.1. The first-order valence-electron chi connectivity index (χ1n) is 18.6. The van der Waals surface area contributed by atoms with Crippen LogP contribution in [0.5, 0.6) is 0 Å². The van der Waals surface area contributed by atoms with Gasteiger partial charge in [0.1, 0.15) is 34.6 Å². The molecule has 1 saturated heterocycles. The first-order valence-corrected chi connectivity index (χ1v) is 20.1. The van der Waals surface area contributed by atoms with Crippen molar-refractivity contribution in [3.05, 3.63) is 85.8 Å². The van der Waals surface area contributed by atoms with Gasteiger partial charge in [-0.1, -0.05) is 87.5 Å². The fourth-order valence-electron chi connectivity index (χ4n) is 6.91. The van der Waals surface area contributed by atoms with E-state index in [1.807, 2.05) is 60.7 Å². The third-order valence-electron chi connectivity index (χ3n) is 9.92. The molecule has 2 aromatic heterocycles. The highest BCUT2D eigenvalue weighted by Crippen LogP contribution is 2.45. The molecule has 6 rings (SSSR count). The molecule has 0 unspecified atom stereocenters. The minimum atomic E-state index is -4.39. The van der Waals surface area contributed by atoms with Crippen LogP contribution in [0.2, 0.25) is 0 Å². The van der Waals surface area contributed by atoms with E-state index in [2.05, 4.69) is 26.9 Å². The molecule has 0 spiro atoms. The molecule has 0 radical (unpaired) electrons. The molecule has 1 aliphatic carbocycles. The number of amides is 4. The van der Waals surface area contributed by atoms with Crippen molar-refractivity contribution < 1.29 is 32.3 Å². The van der Waals surface area contributed by atoms with Crippen molar-refractivity contribution in [3.63, 3.8) is 0 Å². The fraction of sp³-hybridized carbons (Fsp3) is 0.425. The Morgan fingerprint density at radius 3 is 2.00 bits per heavy atom. The van der Waals surface area contributed by atoms with Gasteiger partial charge in [-0.3, -0.25) is 14.4 Å². The highest BCUT2D eigenvalue weighted by atomic mass is 32.2. The van der Waals surface area contributed by atoms with E-state index in [1.54, 1.807) is 48.6 Å². The van der Waals surface area contributed by atoms with E-state index in [0.29, 0.717) is 11.4 Å². The Kier molecular flexibility index (Phi) is 10.9. The molecule has 5 atom stereocenters. The summed E-state index contributed by atoms with van der Waals surface area (Å²) in [5.41, 5.74) is -0.531. The van der Waals surface area contributed by atoms with Crippen molar-refractivity contribution in [2.75, 3.05) is 6.54 Å². The number of aryl methyl sites for hydroxylation is 1. The second-order valence-electron chi connectivity index (χ2n) is 16.6. The van der Waals surface area contributed by atoms with Crippen molar-refractivity contribution in [2.45, 2.75) is 88.7 Å². The second kappa shape index (κ2) is 15.2.